The minimum absolute atomic E-state index is 0.0932. The number of carbonyl (C=O) groups is 1. The number of amides is 1. The van der Waals surface area contributed by atoms with Crippen LogP contribution in [0.15, 0.2) is 59.8 Å². The fourth-order valence-corrected chi connectivity index (χ4v) is 5.03. The molecule has 1 saturated heterocycles. The molecular weight excluding hydrogens is 418 g/mol. The van der Waals surface area contributed by atoms with Crippen molar-refractivity contribution in [2.75, 3.05) is 23.3 Å². The van der Waals surface area contributed by atoms with Crippen molar-refractivity contribution >= 4 is 29.3 Å². The molecule has 1 N–H and O–H groups in total. The van der Waals surface area contributed by atoms with Crippen LogP contribution in [-0.2, 0) is 5.75 Å². The fraction of sp³-hybridized carbons (Fsp3) is 0.400. The summed E-state index contributed by atoms with van der Waals surface area (Å²) in [5, 5.41) is 13.1. The van der Waals surface area contributed by atoms with Crippen LogP contribution in [0.25, 0.3) is 0 Å². The zero-order valence-electron chi connectivity index (χ0n) is 18.4. The van der Waals surface area contributed by atoms with Gasteiger partial charge in [-0.3, -0.25) is 9.36 Å². The number of benzene rings is 2. The molecule has 0 bridgehead atoms. The van der Waals surface area contributed by atoms with E-state index in [0.717, 1.165) is 41.6 Å². The van der Waals surface area contributed by atoms with E-state index < -0.39 is 0 Å². The first-order valence-corrected chi connectivity index (χ1v) is 12.4. The smallest absolute Gasteiger partial charge is 0.255 e. The first-order chi connectivity index (χ1) is 15.7. The van der Waals surface area contributed by atoms with Gasteiger partial charge in [-0.05, 0) is 61.4 Å². The van der Waals surface area contributed by atoms with Gasteiger partial charge in [0, 0.05) is 36.1 Å². The second-order valence-corrected chi connectivity index (χ2v) is 9.80. The quantitative estimate of drug-likeness (QED) is 0.492. The predicted octanol–water partition coefficient (Wildman–Crippen LogP) is 5.39. The van der Waals surface area contributed by atoms with E-state index in [4.69, 9.17) is 0 Å². The molecular formula is C25H29N5OS. The third-order valence-electron chi connectivity index (χ3n) is 6.24. The van der Waals surface area contributed by atoms with Crippen molar-refractivity contribution in [3.63, 3.8) is 0 Å². The lowest BCUT2D eigenvalue weighted by atomic mass is 10.00. The first kappa shape index (κ1) is 21.1. The molecule has 2 fully saturated rings. The predicted molar refractivity (Wildman–Crippen MR) is 129 cm³/mol. The molecule has 2 aliphatic rings. The maximum absolute atomic E-state index is 12.5. The molecule has 0 atom stereocenters. The molecule has 0 unspecified atom stereocenters. The maximum atomic E-state index is 12.5. The van der Waals surface area contributed by atoms with Crippen molar-refractivity contribution in [3.05, 3.63) is 65.7 Å². The highest BCUT2D eigenvalue weighted by molar-refractivity contribution is 7.98. The van der Waals surface area contributed by atoms with E-state index in [1.165, 1.54) is 31.2 Å². The summed E-state index contributed by atoms with van der Waals surface area (Å²) in [4.78, 5) is 14.9. The highest BCUT2D eigenvalue weighted by Crippen LogP contribution is 2.42. The van der Waals surface area contributed by atoms with Crippen LogP contribution in [0.5, 0.6) is 0 Å². The number of rotatable bonds is 7. The van der Waals surface area contributed by atoms with Crippen LogP contribution in [0.1, 0.15) is 54.6 Å². The lowest BCUT2D eigenvalue weighted by Crippen LogP contribution is -2.34. The summed E-state index contributed by atoms with van der Waals surface area (Å²) in [6, 6.07) is 17.9. The molecule has 1 aromatic heterocycles. The highest BCUT2D eigenvalue weighted by Gasteiger charge is 2.32. The van der Waals surface area contributed by atoms with Crippen LogP contribution in [0, 0.1) is 5.92 Å². The molecule has 1 amide bonds. The Labute approximate surface area is 193 Å². The molecule has 1 aliphatic heterocycles. The molecule has 6 nitrogen and oxygen atoms in total. The first-order valence-electron chi connectivity index (χ1n) is 11.5. The summed E-state index contributed by atoms with van der Waals surface area (Å²) in [5.41, 5.74) is 2.63. The number of thioether (sulfide) groups is 1. The molecule has 32 heavy (non-hydrogen) atoms. The number of nitrogens with one attached hydrogen (secondary N) is 1. The zero-order valence-corrected chi connectivity index (χ0v) is 19.2. The van der Waals surface area contributed by atoms with Gasteiger partial charge in [0.15, 0.2) is 5.16 Å². The summed E-state index contributed by atoms with van der Waals surface area (Å²) < 4.78 is 2.36. The van der Waals surface area contributed by atoms with Gasteiger partial charge >= 0.3 is 0 Å². The van der Waals surface area contributed by atoms with E-state index >= 15 is 0 Å². The van der Waals surface area contributed by atoms with Crippen LogP contribution in [0.4, 0.5) is 11.6 Å². The van der Waals surface area contributed by atoms with Crippen LogP contribution >= 0.6 is 11.8 Å². The third-order valence-corrected chi connectivity index (χ3v) is 7.25. The van der Waals surface area contributed by atoms with Gasteiger partial charge in [0.05, 0.1) is 0 Å². The van der Waals surface area contributed by atoms with E-state index in [2.05, 4.69) is 31.9 Å². The van der Waals surface area contributed by atoms with Crippen molar-refractivity contribution in [2.24, 2.45) is 5.92 Å². The minimum Gasteiger partial charge on any atom is -0.341 e. The number of aromatic nitrogens is 3. The molecule has 166 valence electrons. The summed E-state index contributed by atoms with van der Waals surface area (Å²) in [6.07, 6.45) is 4.89. The summed E-state index contributed by atoms with van der Waals surface area (Å²) in [6.45, 7) is 4.48. The van der Waals surface area contributed by atoms with Crippen molar-refractivity contribution in [3.8, 4) is 0 Å². The monoisotopic (exact) mass is 447 g/mol. The Morgan fingerprint density at radius 3 is 2.41 bits per heavy atom. The molecule has 3 aromatic rings. The number of nitrogens with zero attached hydrogens (tertiary/aromatic N) is 4. The minimum atomic E-state index is -0.0932. The Hall–Kier alpha value is -2.80. The van der Waals surface area contributed by atoms with Gasteiger partial charge in [0.1, 0.15) is 0 Å². The Bertz CT molecular complexity index is 1050. The second kappa shape index (κ2) is 9.36. The molecule has 7 heteroatoms. The van der Waals surface area contributed by atoms with E-state index in [1.54, 1.807) is 11.8 Å². The van der Waals surface area contributed by atoms with Gasteiger partial charge in [0.2, 0.25) is 5.95 Å². The molecule has 0 radical (unpaired) electrons. The van der Waals surface area contributed by atoms with E-state index in [-0.39, 0.29) is 5.91 Å². The van der Waals surface area contributed by atoms with Gasteiger partial charge in [0.25, 0.3) is 5.91 Å². The number of anilines is 2. The van der Waals surface area contributed by atoms with Crippen molar-refractivity contribution in [1.82, 2.24) is 14.8 Å². The molecule has 2 aromatic carbocycles. The second-order valence-electron chi connectivity index (χ2n) is 8.86. The van der Waals surface area contributed by atoms with E-state index in [1.807, 2.05) is 54.6 Å². The van der Waals surface area contributed by atoms with Gasteiger partial charge < -0.3 is 10.2 Å². The largest absolute Gasteiger partial charge is 0.341 e. The Kier molecular flexibility index (Phi) is 6.17. The molecule has 1 saturated carbocycles. The summed E-state index contributed by atoms with van der Waals surface area (Å²) in [5.74, 6) is 2.57. The SMILES string of the molecule is CC1CCN(c2nnc(SCc3ccc(C(=O)Nc4ccccc4)cc3)n2C2CC2)CC1. The Morgan fingerprint density at radius 2 is 1.72 bits per heavy atom. The van der Waals surface area contributed by atoms with Gasteiger partial charge in [-0.1, -0.05) is 49.0 Å². The molecule has 2 heterocycles. The Balaban J connectivity index is 1.23. The lowest BCUT2D eigenvalue weighted by molar-refractivity contribution is 0.102. The van der Waals surface area contributed by atoms with Crippen LogP contribution in [-0.4, -0.2) is 33.8 Å². The highest BCUT2D eigenvalue weighted by atomic mass is 32.2. The van der Waals surface area contributed by atoms with E-state index in [9.17, 15) is 4.79 Å². The van der Waals surface area contributed by atoms with Crippen molar-refractivity contribution in [1.29, 1.82) is 0 Å². The molecule has 0 spiro atoms. The summed E-state index contributed by atoms with van der Waals surface area (Å²) >= 11 is 1.73. The third kappa shape index (κ3) is 4.83. The normalized spacial score (nSPS) is 16.8. The van der Waals surface area contributed by atoms with Gasteiger partial charge in [-0.25, -0.2) is 0 Å². The number of piperidine rings is 1. The average molecular weight is 448 g/mol. The van der Waals surface area contributed by atoms with Gasteiger partial charge in [-0.15, -0.1) is 10.2 Å². The number of hydrogen-bond donors (Lipinski definition) is 1. The number of hydrogen-bond acceptors (Lipinski definition) is 5. The lowest BCUT2D eigenvalue weighted by Gasteiger charge is -2.31. The van der Waals surface area contributed by atoms with E-state index in [0.29, 0.717) is 11.6 Å². The molecule has 1 aliphatic carbocycles. The van der Waals surface area contributed by atoms with Crippen molar-refractivity contribution < 1.29 is 4.79 Å². The van der Waals surface area contributed by atoms with Crippen LogP contribution < -0.4 is 10.2 Å². The maximum Gasteiger partial charge on any atom is 0.255 e. The molecule has 5 rings (SSSR count). The van der Waals surface area contributed by atoms with Crippen LogP contribution in [0.3, 0.4) is 0 Å². The van der Waals surface area contributed by atoms with Crippen molar-refractivity contribution in [2.45, 2.75) is 49.6 Å². The summed E-state index contributed by atoms with van der Waals surface area (Å²) in [7, 11) is 0. The zero-order chi connectivity index (χ0) is 21.9. The topological polar surface area (TPSA) is 63.1 Å². The number of para-hydroxylation sites is 1. The van der Waals surface area contributed by atoms with Gasteiger partial charge in [-0.2, -0.15) is 0 Å². The van der Waals surface area contributed by atoms with Crippen LogP contribution in [0.2, 0.25) is 0 Å². The fourth-order valence-electron chi connectivity index (χ4n) is 4.07. The standard InChI is InChI=1S/C25H29N5OS/c1-18-13-15-29(16-14-18)24-27-28-25(30(24)22-11-12-22)32-17-19-7-9-20(10-8-19)23(31)26-21-5-3-2-4-6-21/h2-10,18,22H,11-17H2,1H3,(H,26,31). The number of carbonyl (C=O) groups excluding carboxylic acids is 1. The average Bonchev–Trinajstić information content (AvgIpc) is 3.58. The Morgan fingerprint density at radius 1 is 1.00 bits per heavy atom.